The number of thiazole rings is 1. The molecule has 0 bridgehead atoms. The third kappa shape index (κ3) is 5.76. The zero-order valence-corrected chi connectivity index (χ0v) is 20.6. The number of rotatable bonds is 9. The molecule has 1 heterocycles. The summed E-state index contributed by atoms with van der Waals surface area (Å²) < 4.78 is 10.9. The monoisotopic (exact) mass is 492 g/mol. The first kappa shape index (κ1) is 23.8. The highest BCUT2D eigenvalue weighted by Crippen LogP contribution is 2.33. The first-order valence-corrected chi connectivity index (χ1v) is 12.2. The number of aryl methyl sites for hydroxylation is 1. The highest BCUT2D eigenvalue weighted by molar-refractivity contribution is 7.13. The van der Waals surface area contributed by atoms with Gasteiger partial charge < -0.3 is 14.8 Å². The summed E-state index contributed by atoms with van der Waals surface area (Å²) in [6, 6.07) is 21.1. The maximum absolute atomic E-state index is 12.6. The van der Waals surface area contributed by atoms with Gasteiger partial charge in [-0.3, -0.25) is 4.79 Å². The third-order valence-corrected chi connectivity index (χ3v) is 6.42. The minimum absolute atomic E-state index is 0.0555. The van der Waals surface area contributed by atoms with Crippen molar-refractivity contribution in [3.8, 4) is 33.3 Å². The van der Waals surface area contributed by atoms with E-state index in [0.717, 1.165) is 33.1 Å². The second-order valence-corrected chi connectivity index (χ2v) is 8.83. The van der Waals surface area contributed by atoms with Crippen LogP contribution in [0.4, 0.5) is 5.69 Å². The fraction of sp³-hybridized carbons (Fsp3) is 0.185. The number of carbonyl (C=O) groups is 1. The van der Waals surface area contributed by atoms with Crippen LogP contribution in [0.25, 0.3) is 21.8 Å². The fourth-order valence-electron chi connectivity index (χ4n) is 3.54. The molecular formula is C27H25ClN2O3S. The molecule has 7 heteroatoms. The lowest BCUT2D eigenvalue weighted by Crippen LogP contribution is -2.12. The van der Waals surface area contributed by atoms with E-state index in [-0.39, 0.29) is 5.91 Å². The van der Waals surface area contributed by atoms with E-state index >= 15 is 0 Å². The summed E-state index contributed by atoms with van der Waals surface area (Å²) in [6.45, 7) is 2.50. The molecule has 0 aliphatic rings. The van der Waals surface area contributed by atoms with Crippen molar-refractivity contribution in [1.29, 1.82) is 0 Å². The van der Waals surface area contributed by atoms with Gasteiger partial charge in [-0.05, 0) is 49.2 Å². The van der Waals surface area contributed by atoms with Gasteiger partial charge in [0.2, 0.25) is 5.91 Å². The highest BCUT2D eigenvalue weighted by atomic mass is 35.5. The molecule has 5 nitrogen and oxygen atoms in total. The molecule has 4 aromatic rings. The largest absolute Gasteiger partial charge is 0.493 e. The predicted octanol–water partition coefficient (Wildman–Crippen LogP) is 7.11. The lowest BCUT2D eigenvalue weighted by molar-refractivity contribution is -0.116. The summed E-state index contributed by atoms with van der Waals surface area (Å²) in [7, 11) is 1.61. The number of hydrogen-bond acceptors (Lipinski definition) is 5. The standard InChI is InChI=1S/C27H25ClN2O3S/c1-3-33-24-13-11-18(15-25(24)32-2)12-14-26(31)29-20-8-6-7-19(16-20)23-17-34-27(30-23)21-9-4-5-10-22(21)28/h4-11,13,15-17H,3,12,14H2,1-2H3,(H,29,31). The van der Waals surface area contributed by atoms with E-state index < -0.39 is 0 Å². The first-order valence-electron chi connectivity index (χ1n) is 11.0. The number of carbonyl (C=O) groups excluding carboxylic acids is 1. The summed E-state index contributed by atoms with van der Waals surface area (Å²) in [6.07, 6.45) is 0.955. The van der Waals surface area contributed by atoms with Crippen LogP contribution in [0.1, 0.15) is 18.9 Å². The number of amides is 1. The lowest BCUT2D eigenvalue weighted by Gasteiger charge is -2.11. The van der Waals surface area contributed by atoms with Crippen LogP contribution in [0.2, 0.25) is 5.02 Å². The smallest absolute Gasteiger partial charge is 0.224 e. The number of halogens is 1. The van der Waals surface area contributed by atoms with Gasteiger partial charge >= 0.3 is 0 Å². The van der Waals surface area contributed by atoms with E-state index in [9.17, 15) is 4.79 Å². The van der Waals surface area contributed by atoms with Crippen molar-refractivity contribution in [2.24, 2.45) is 0 Å². The SMILES string of the molecule is CCOc1ccc(CCC(=O)Nc2cccc(-c3csc(-c4ccccc4Cl)n3)c2)cc1OC. The molecule has 0 aliphatic heterocycles. The molecule has 1 N–H and O–H groups in total. The van der Waals surface area contributed by atoms with E-state index in [1.807, 2.05) is 79.0 Å². The molecule has 0 radical (unpaired) electrons. The van der Waals surface area contributed by atoms with Gasteiger partial charge in [-0.2, -0.15) is 0 Å². The Morgan fingerprint density at radius 2 is 1.91 bits per heavy atom. The Hall–Kier alpha value is -3.35. The molecule has 3 aromatic carbocycles. The number of benzene rings is 3. The number of methoxy groups -OCH3 is 1. The van der Waals surface area contributed by atoms with Gasteiger partial charge in [0.05, 0.1) is 24.4 Å². The molecule has 0 fully saturated rings. The summed E-state index contributed by atoms with van der Waals surface area (Å²) in [5.74, 6) is 1.32. The molecule has 0 spiro atoms. The molecule has 1 aromatic heterocycles. The van der Waals surface area contributed by atoms with Crippen molar-refractivity contribution < 1.29 is 14.3 Å². The second-order valence-electron chi connectivity index (χ2n) is 7.56. The van der Waals surface area contributed by atoms with E-state index in [0.29, 0.717) is 36.0 Å². The van der Waals surface area contributed by atoms with Gasteiger partial charge in [-0.25, -0.2) is 4.98 Å². The molecule has 0 unspecified atom stereocenters. The average Bonchev–Trinajstić information content (AvgIpc) is 3.34. The van der Waals surface area contributed by atoms with E-state index in [1.165, 1.54) is 0 Å². The lowest BCUT2D eigenvalue weighted by atomic mass is 10.1. The van der Waals surface area contributed by atoms with Gasteiger partial charge in [0.1, 0.15) is 5.01 Å². The molecule has 0 saturated carbocycles. The number of ether oxygens (including phenoxy) is 2. The van der Waals surface area contributed by atoms with Crippen molar-refractivity contribution >= 4 is 34.5 Å². The van der Waals surface area contributed by atoms with Crippen LogP contribution >= 0.6 is 22.9 Å². The van der Waals surface area contributed by atoms with Crippen molar-refractivity contribution in [1.82, 2.24) is 4.98 Å². The van der Waals surface area contributed by atoms with Crippen molar-refractivity contribution in [2.75, 3.05) is 19.0 Å². The molecular weight excluding hydrogens is 468 g/mol. The molecule has 4 rings (SSSR count). The van der Waals surface area contributed by atoms with Crippen LogP contribution in [-0.4, -0.2) is 24.6 Å². The van der Waals surface area contributed by atoms with Crippen LogP contribution in [0.15, 0.2) is 72.1 Å². The molecule has 0 saturated heterocycles. The van der Waals surface area contributed by atoms with Crippen LogP contribution in [0.5, 0.6) is 11.5 Å². The van der Waals surface area contributed by atoms with Crippen molar-refractivity contribution in [2.45, 2.75) is 19.8 Å². The Bertz CT molecular complexity index is 1290. The predicted molar refractivity (Wildman–Crippen MR) is 139 cm³/mol. The Labute approximate surface area is 208 Å². The zero-order chi connectivity index (χ0) is 23.9. The number of aromatic nitrogens is 1. The molecule has 1 amide bonds. The number of anilines is 1. The van der Waals surface area contributed by atoms with E-state index in [4.69, 9.17) is 26.1 Å². The Morgan fingerprint density at radius 3 is 2.71 bits per heavy atom. The Kier molecular flexibility index (Phi) is 7.83. The summed E-state index contributed by atoms with van der Waals surface area (Å²) in [5, 5.41) is 6.53. The third-order valence-electron chi connectivity index (χ3n) is 5.22. The number of nitrogens with zero attached hydrogens (tertiary/aromatic N) is 1. The van der Waals surface area contributed by atoms with E-state index in [1.54, 1.807) is 18.4 Å². The van der Waals surface area contributed by atoms with Crippen LogP contribution in [0, 0.1) is 0 Å². The van der Waals surface area contributed by atoms with Gasteiger partial charge in [0, 0.05) is 28.6 Å². The van der Waals surface area contributed by atoms with Gasteiger partial charge in [-0.15, -0.1) is 11.3 Å². The molecule has 34 heavy (non-hydrogen) atoms. The summed E-state index contributed by atoms with van der Waals surface area (Å²) >= 11 is 7.86. The Balaban J connectivity index is 1.40. The van der Waals surface area contributed by atoms with Crippen molar-refractivity contribution in [3.05, 3.63) is 82.7 Å². The molecule has 0 aliphatic carbocycles. The minimum atomic E-state index is -0.0555. The number of hydrogen-bond donors (Lipinski definition) is 1. The highest BCUT2D eigenvalue weighted by Gasteiger charge is 2.11. The topological polar surface area (TPSA) is 60.5 Å². The summed E-state index contributed by atoms with van der Waals surface area (Å²) in [4.78, 5) is 17.3. The second kappa shape index (κ2) is 11.2. The van der Waals surface area contributed by atoms with Crippen LogP contribution in [0.3, 0.4) is 0 Å². The fourth-order valence-corrected chi connectivity index (χ4v) is 4.69. The quantitative estimate of drug-likeness (QED) is 0.270. The molecule has 0 atom stereocenters. The molecule has 174 valence electrons. The van der Waals surface area contributed by atoms with Crippen LogP contribution < -0.4 is 14.8 Å². The van der Waals surface area contributed by atoms with Gasteiger partial charge in [0.25, 0.3) is 0 Å². The maximum Gasteiger partial charge on any atom is 0.224 e. The van der Waals surface area contributed by atoms with Crippen LogP contribution in [-0.2, 0) is 11.2 Å². The zero-order valence-electron chi connectivity index (χ0n) is 19.0. The van der Waals surface area contributed by atoms with Crippen molar-refractivity contribution in [3.63, 3.8) is 0 Å². The first-order chi connectivity index (χ1) is 16.6. The average molecular weight is 493 g/mol. The minimum Gasteiger partial charge on any atom is -0.493 e. The maximum atomic E-state index is 12.6. The van der Waals surface area contributed by atoms with E-state index in [2.05, 4.69) is 5.32 Å². The Morgan fingerprint density at radius 1 is 1.06 bits per heavy atom. The van der Waals surface area contributed by atoms with Gasteiger partial charge in [0.15, 0.2) is 11.5 Å². The normalized spacial score (nSPS) is 10.7. The van der Waals surface area contributed by atoms with Gasteiger partial charge in [-0.1, -0.05) is 48.0 Å². The summed E-state index contributed by atoms with van der Waals surface area (Å²) in [5.41, 5.74) is 4.44. The number of nitrogens with one attached hydrogen (secondary N) is 1.